The van der Waals surface area contributed by atoms with Crippen molar-refractivity contribution < 1.29 is 0 Å². The minimum atomic E-state index is 0.901. The Morgan fingerprint density at radius 2 is 1.71 bits per heavy atom. The molecule has 2 fully saturated rings. The third kappa shape index (κ3) is 2.44. The number of benzene rings is 1. The van der Waals surface area contributed by atoms with Gasteiger partial charge >= 0.3 is 0 Å². The second-order valence-electron chi connectivity index (χ2n) is 5.37. The summed E-state index contributed by atoms with van der Waals surface area (Å²) in [5.41, 5.74) is 8.17. The van der Waals surface area contributed by atoms with E-state index in [1.54, 1.807) is 0 Å². The van der Waals surface area contributed by atoms with Crippen LogP contribution in [0.4, 0.5) is 11.4 Å². The van der Waals surface area contributed by atoms with Crippen LogP contribution in [0.1, 0.15) is 25.7 Å². The Morgan fingerprint density at radius 3 is 2.35 bits per heavy atom. The highest BCUT2D eigenvalue weighted by atomic mass is 79.9. The largest absolute Gasteiger partial charge is 0.397 e. The minimum Gasteiger partial charge on any atom is -0.397 e. The van der Waals surface area contributed by atoms with Crippen molar-refractivity contribution in [2.24, 2.45) is 11.8 Å². The van der Waals surface area contributed by atoms with Crippen molar-refractivity contribution in [3.8, 4) is 0 Å². The normalized spacial score (nSPS) is 21.8. The second kappa shape index (κ2) is 4.52. The maximum absolute atomic E-state index is 6.06. The van der Waals surface area contributed by atoms with Gasteiger partial charge in [-0.05, 0) is 55.7 Å². The lowest BCUT2D eigenvalue weighted by molar-refractivity contribution is 0.363. The van der Waals surface area contributed by atoms with Gasteiger partial charge in [-0.3, -0.25) is 0 Å². The first kappa shape index (κ1) is 11.4. The summed E-state index contributed by atoms with van der Waals surface area (Å²) >= 11 is 3.53. The highest BCUT2D eigenvalue weighted by Gasteiger charge is 2.33. The van der Waals surface area contributed by atoms with Crippen molar-refractivity contribution in [1.29, 1.82) is 0 Å². The van der Waals surface area contributed by atoms with E-state index in [0.717, 1.165) is 22.0 Å². The highest BCUT2D eigenvalue weighted by Crippen LogP contribution is 2.42. The zero-order valence-electron chi connectivity index (χ0n) is 10.0. The summed E-state index contributed by atoms with van der Waals surface area (Å²) in [6.07, 6.45) is 5.64. The van der Waals surface area contributed by atoms with Crippen LogP contribution < -0.4 is 10.6 Å². The number of halogens is 1. The van der Waals surface area contributed by atoms with Gasteiger partial charge in [0.05, 0.1) is 11.4 Å². The summed E-state index contributed by atoms with van der Waals surface area (Å²) in [6.45, 7) is 2.34. The van der Waals surface area contributed by atoms with Crippen LogP contribution in [0.5, 0.6) is 0 Å². The molecule has 0 bridgehead atoms. The van der Waals surface area contributed by atoms with Gasteiger partial charge in [-0.2, -0.15) is 0 Å². The Hall–Kier alpha value is -0.700. The molecule has 17 heavy (non-hydrogen) atoms. The molecule has 0 amide bonds. The van der Waals surface area contributed by atoms with Crippen molar-refractivity contribution in [3.05, 3.63) is 22.7 Å². The zero-order chi connectivity index (χ0) is 11.8. The van der Waals surface area contributed by atoms with Crippen molar-refractivity contribution in [2.75, 3.05) is 23.7 Å². The van der Waals surface area contributed by atoms with E-state index in [-0.39, 0.29) is 0 Å². The Morgan fingerprint density at radius 1 is 1.06 bits per heavy atom. The number of hydrogen-bond acceptors (Lipinski definition) is 2. The van der Waals surface area contributed by atoms with Gasteiger partial charge in [-0.1, -0.05) is 15.9 Å². The van der Waals surface area contributed by atoms with Gasteiger partial charge < -0.3 is 10.6 Å². The van der Waals surface area contributed by atoms with Crippen LogP contribution in [-0.4, -0.2) is 13.1 Å². The summed E-state index contributed by atoms with van der Waals surface area (Å²) in [7, 11) is 0. The molecule has 0 atom stereocenters. The lowest BCUT2D eigenvalue weighted by Crippen LogP contribution is -2.34. The van der Waals surface area contributed by atoms with Gasteiger partial charge in [-0.15, -0.1) is 0 Å². The highest BCUT2D eigenvalue weighted by molar-refractivity contribution is 9.10. The van der Waals surface area contributed by atoms with Crippen LogP contribution in [-0.2, 0) is 0 Å². The number of piperidine rings is 1. The van der Waals surface area contributed by atoms with Crippen LogP contribution in [0.15, 0.2) is 22.7 Å². The summed E-state index contributed by atoms with van der Waals surface area (Å²) in [5, 5.41) is 0. The SMILES string of the molecule is Nc1ccc(Br)cc1N1CCC(C2CC2)CC1. The van der Waals surface area contributed by atoms with Crippen LogP contribution >= 0.6 is 15.9 Å². The average molecular weight is 295 g/mol. The number of anilines is 2. The van der Waals surface area contributed by atoms with Gasteiger partial charge in [0.25, 0.3) is 0 Å². The fraction of sp³-hybridized carbons (Fsp3) is 0.571. The molecule has 1 saturated carbocycles. The molecule has 1 aromatic rings. The van der Waals surface area contributed by atoms with E-state index >= 15 is 0 Å². The van der Waals surface area contributed by atoms with Crippen LogP contribution in [0, 0.1) is 11.8 Å². The van der Waals surface area contributed by atoms with Crippen molar-refractivity contribution >= 4 is 27.3 Å². The lowest BCUT2D eigenvalue weighted by atomic mass is 9.92. The molecule has 3 rings (SSSR count). The molecule has 2 nitrogen and oxygen atoms in total. The van der Waals surface area contributed by atoms with Gasteiger partial charge in [0.15, 0.2) is 0 Å². The van der Waals surface area contributed by atoms with E-state index in [0.29, 0.717) is 0 Å². The monoisotopic (exact) mass is 294 g/mol. The second-order valence-corrected chi connectivity index (χ2v) is 6.28. The zero-order valence-corrected chi connectivity index (χ0v) is 11.6. The van der Waals surface area contributed by atoms with Gasteiger partial charge in [-0.25, -0.2) is 0 Å². The van der Waals surface area contributed by atoms with E-state index in [1.807, 2.05) is 12.1 Å². The predicted molar refractivity (Wildman–Crippen MR) is 76.2 cm³/mol. The first-order chi connectivity index (χ1) is 8.24. The van der Waals surface area contributed by atoms with E-state index in [1.165, 1.54) is 44.5 Å². The quantitative estimate of drug-likeness (QED) is 0.844. The summed E-state index contributed by atoms with van der Waals surface area (Å²) in [5.74, 6) is 2.04. The molecular formula is C14H19BrN2. The molecule has 1 saturated heterocycles. The summed E-state index contributed by atoms with van der Waals surface area (Å²) in [4.78, 5) is 2.44. The Labute approximate surface area is 111 Å². The minimum absolute atomic E-state index is 0.901. The van der Waals surface area contributed by atoms with Crippen molar-refractivity contribution in [3.63, 3.8) is 0 Å². The van der Waals surface area contributed by atoms with E-state index < -0.39 is 0 Å². The molecule has 3 heteroatoms. The number of nitrogens with two attached hydrogens (primary N) is 1. The molecule has 1 aliphatic carbocycles. The molecule has 2 N–H and O–H groups in total. The van der Waals surface area contributed by atoms with E-state index in [2.05, 4.69) is 26.9 Å². The molecule has 0 unspecified atom stereocenters. The van der Waals surface area contributed by atoms with Gasteiger partial charge in [0, 0.05) is 17.6 Å². The van der Waals surface area contributed by atoms with Crippen molar-refractivity contribution in [1.82, 2.24) is 0 Å². The average Bonchev–Trinajstić information content (AvgIpc) is 3.17. The van der Waals surface area contributed by atoms with Crippen LogP contribution in [0.3, 0.4) is 0 Å². The fourth-order valence-electron chi connectivity index (χ4n) is 2.97. The molecule has 0 radical (unpaired) electrons. The molecular weight excluding hydrogens is 276 g/mol. The van der Waals surface area contributed by atoms with E-state index in [4.69, 9.17) is 5.73 Å². The van der Waals surface area contributed by atoms with E-state index in [9.17, 15) is 0 Å². The molecule has 1 aromatic carbocycles. The number of nitrogens with zero attached hydrogens (tertiary/aromatic N) is 1. The first-order valence-electron chi connectivity index (χ1n) is 6.54. The van der Waals surface area contributed by atoms with Crippen LogP contribution in [0.25, 0.3) is 0 Å². The lowest BCUT2D eigenvalue weighted by Gasteiger charge is -2.34. The first-order valence-corrected chi connectivity index (χ1v) is 7.33. The molecule has 2 aliphatic rings. The Balaban J connectivity index is 1.70. The maximum Gasteiger partial charge on any atom is 0.0611 e. The molecule has 0 spiro atoms. The maximum atomic E-state index is 6.06. The van der Waals surface area contributed by atoms with Gasteiger partial charge in [0.2, 0.25) is 0 Å². The number of hydrogen-bond donors (Lipinski definition) is 1. The summed E-state index contributed by atoms with van der Waals surface area (Å²) in [6, 6.07) is 6.15. The fourth-order valence-corrected chi connectivity index (χ4v) is 3.32. The Kier molecular flexibility index (Phi) is 3.03. The standard InChI is InChI=1S/C14H19BrN2/c15-12-3-4-13(16)14(9-12)17-7-5-11(6-8-17)10-1-2-10/h3-4,9-11H,1-2,5-8,16H2. The summed E-state index contributed by atoms with van der Waals surface area (Å²) < 4.78 is 1.12. The van der Waals surface area contributed by atoms with Crippen molar-refractivity contribution in [2.45, 2.75) is 25.7 Å². The topological polar surface area (TPSA) is 29.3 Å². The predicted octanol–water partition coefficient (Wildman–Crippen LogP) is 3.66. The van der Waals surface area contributed by atoms with Gasteiger partial charge in [0.1, 0.15) is 0 Å². The molecule has 92 valence electrons. The third-order valence-corrected chi connectivity index (χ3v) is 4.65. The molecule has 0 aromatic heterocycles. The molecule has 1 heterocycles. The molecule has 1 aliphatic heterocycles. The van der Waals surface area contributed by atoms with Crippen LogP contribution in [0.2, 0.25) is 0 Å². The smallest absolute Gasteiger partial charge is 0.0611 e. The number of nitrogen functional groups attached to an aromatic ring is 1. The number of rotatable bonds is 2. The third-order valence-electron chi connectivity index (χ3n) is 4.16. The Bertz CT molecular complexity index is 407.